The number of rotatable bonds is 9. The predicted molar refractivity (Wildman–Crippen MR) is 189 cm³/mol. The van der Waals surface area contributed by atoms with Crippen LogP contribution in [0.3, 0.4) is 0 Å². The normalized spacial score (nSPS) is 13.8. The van der Waals surface area contributed by atoms with E-state index in [1.54, 1.807) is 17.2 Å². The molecule has 0 spiro atoms. The molecule has 5 rings (SSSR count). The van der Waals surface area contributed by atoms with Gasteiger partial charge in [0, 0.05) is 43.3 Å². The fourth-order valence-corrected chi connectivity index (χ4v) is 6.11. The molecule has 3 aromatic carbocycles. The summed E-state index contributed by atoms with van der Waals surface area (Å²) in [5.74, 6) is 0. The number of carbonyl (C=O) groups excluding carboxylic acids is 2. The number of urea groups is 1. The molecule has 10 heteroatoms. The van der Waals surface area contributed by atoms with Crippen molar-refractivity contribution in [2.24, 2.45) is 0 Å². The Hall–Kier alpha value is -4.86. The third-order valence-corrected chi connectivity index (χ3v) is 8.84. The molecule has 1 N–H and O–H groups in total. The van der Waals surface area contributed by atoms with E-state index in [0.29, 0.717) is 6.54 Å². The first-order valence-corrected chi connectivity index (χ1v) is 17.1. The van der Waals surface area contributed by atoms with Crippen LogP contribution in [0.4, 0.5) is 28.4 Å². The number of amides is 3. The van der Waals surface area contributed by atoms with Crippen molar-refractivity contribution in [1.29, 1.82) is 0 Å². The zero-order valence-corrected chi connectivity index (χ0v) is 29.1. The molecule has 1 aliphatic rings. The van der Waals surface area contributed by atoms with E-state index in [9.17, 15) is 22.8 Å². The third kappa shape index (κ3) is 10.1. The average molecular weight is 687 g/mol. The second-order valence-electron chi connectivity index (χ2n) is 13.9. The van der Waals surface area contributed by atoms with Crippen molar-refractivity contribution in [3.05, 3.63) is 119 Å². The molecule has 3 amide bonds. The number of anilines is 1. The molecule has 4 aromatic rings. The lowest BCUT2D eigenvalue weighted by Crippen LogP contribution is -2.43. The lowest BCUT2D eigenvalue weighted by Gasteiger charge is -2.35. The highest BCUT2D eigenvalue weighted by atomic mass is 19.4. The average Bonchev–Trinajstić information content (AvgIpc) is 3.08. The molecule has 1 heterocycles. The summed E-state index contributed by atoms with van der Waals surface area (Å²) in [6.07, 6.45) is 2.35. The Labute approximate surface area is 292 Å². The Balaban J connectivity index is 1.28. The van der Waals surface area contributed by atoms with Crippen molar-refractivity contribution < 1.29 is 27.5 Å². The van der Waals surface area contributed by atoms with Crippen LogP contribution < -0.4 is 5.32 Å². The molecule has 0 atom stereocenters. The standard InChI is InChI=1S/C40H45F3N4O3/c1-28-33(9-8-24-44-28)27-46(37(48)45-35-22-20-34(21-23-35)40(41,42)43)25-29-12-16-31(17-13-29)32-18-14-30(15-19-32)26-47(36-10-6-5-7-11-36)38(49)50-39(2,3)4/h8-9,12-24,36H,5-7,10-11,25-27H2,1-4H3,(H,45,48). The van der Waals surface area contributed by atoms with Crippen LogP contribution in [0.15, 0.2) is 91.1 Å². The van der Waals surface area contributed by atoms with Gasteiger partial charge in [0.2, 0.25) is 0 Å². The molecule has 0 radical (unpaired) electrons. The first kappa shape index (κ1) is 36.4. The number of ether oxygens (including phenoxy) is 1. The molecule has 0 saturated heterocycles. The number of alkyl halides is 3. The van der Waals surface area contributed by atoms with Crippen molar-refractivity contribution in [1.82, 2.24) is 14.8 Å². The topological polar surface area (TPSA) is 74.8 Å². The maximum absolute atomic E-state index is 13.5. The van der Waals surface area contributed by atoms with Gasteiger partial charge < -0.3 is 19.9 Å². The van der Waals surface area contributed by atoms with E-state index in [2.05, 4.69) is 10.3 Å². The van der Waals surface area contributed by atoms with E-state index in [0.717, 1.165) is 71.3 Å². The summed E-state index contributed by atoms with van der Waals surface area (Å²) in [5, 5.41) is 2.74. The monoisotopic (exact) mass is 686 g/mol. The zero-order valence-electron chi connectivity index (χ0n) is 29.1. The molecule has 7 nitrogen and oxygen atoms in total. The first-order valence-electron chi connectivity index (χ1n) is 17.1. The summed E-state index contributed by atoms with van der Waals surface area (Å²) in [6.45, 7) is 8.55. The number of nitrogens with one attached hydrogen (secondary N) is 1. The Bertz CT molecular complexity index is 1730. The summed E-state index contributed by atoms with van der Waals surface area (Å²) < 4.78 is 44.9. The maximum atomic E-state index is 13.5. The largest absolute Gasteiger partial charge is 0.444 e. The molecule has 1 aliphatic carbocycles. The Kier molecular flexibility index (Phi) is 11.5. The number of halogens is 3. The van der Waals surface area contributed by atoms with Crippen LogP contribution in [0, 0.1) is 6.92 Å². The highest BCUT2D eigenvalue weighted by Crippen LogP contribution is 2.30. The van der Waals surface area contributed by atoms with Gasteiger partial charge in [-0.1, -0.05) is 73.9 Å². The van der Waals surface area contributed by atoms with Crippen LogP contribution in [-0.2, 0) is 30.5 Å². The van der Waals surface area contributed by atoms with E-state index < -0.39 is 23.4 Å². The lowest BCUT2D eigenvalue weighted by molar-refractivity contribution is -0.137. The van der Waals surface area contributed by atoms with Crippen molar-refractivity contribution in [3.8, 4) is 11.1 Å². The number of aryl methyl sites for hydroxylation is 1. The van der Waals surface area contributed by atoms with Gasteiger partial charge in [-0.3, -0.25) is 4.98 Å². The highest BCUT2D eigenvalue weighted by Gasteiger charge is 2.31. The van der Waals surface area contributed by atoms with Gasteiger partial charge in [-0.05, 0) is 98.7 Å². The van der Waals surface area contributed by atoms with Gasteiger partial charge in [0.15, 0.2) is 0 Å². The van der Waals surface area contributed by atoms with Gasteiger partial charge >= 0.3 is 18.3 Å². The van der Waals surface area contributed by atoms with E-state index >= 15 is 0 Å². The van der Waals surface area contributed by atoms with Crippen LogP contribution in [0.5, 0.6) is 0 Å². The van der Waals surface area contributed by atoms with Gasteiger partial charge in [-0.15, -0.1) is 0 Å². The first-order chi connectivity index (χ1) is 23.7. The molecule has 1 fully saturated rings. The van der Waals surface area contributed by atoms with E-state index in [-0.39, 0.29) is 30.9 Å². The molecule has 0 bridgehead atoms. The molecule has 0 unspecified atom stereocenters. The van der Waals surface area contributed by atoms with Crippen LogP contribution in [0.2, 0.25) is 0 Å². The smallest absolute Gasteiger partial charge is 0.416 e. The van der Waals surface area contributed by atoms with Gasteiger partial charge in [0.1, 0.15) is 5.60 Å². The number of carbonyl (C=O) groups is 2. The Morgan fingerprint density at radius 2 is 1.38 bits per heavy atom. The number of benzene rings is 3. The number of hydrogen-bond acceptors (Lipinski definition) is 4. The van der Waals surface area contributed by atoms with Crippen LogP contribution in [0.25, 0.3) is 11.1 Å². The maximum Gasteiger partial charge on any atom is 0.416 e. The molecule has 264 valence electrons. The van der Waals surface area contributed by atoms with Crippen molar-refractivity contribution >= 4 is 17.8 Å². The van der Waals surface area contributed by atoms with Crippen molar-refractivity contribution in [3.63, 3.8) is 0 Å². The second kappa shape index (κ2) is 15.8. The number of hydrogen-bond donors (Lipinski definition) is 1. The Morgan fingerprint density at radius 3 is 1.92 bits per heavy atom. The minimum Gasteiger partial charge on any atom is -0.444 e. The Morgan fingerprint density at radius 1 is 0.800 bits per heavy atom. The SMILES string of the molecule is Cc1ncccc1CN(Cc1ccc(-c2ccc(CN(C(=O)OC(C)(C)C)C3CCCCC3)cc2)cc1)C(=O)Nc1ccc(C(F)(F)F)cc1. The molecular formula is C40H45F3N4O3. The summed E-state index contributed by atoms with van der Waals surface area (Å²) in [5.41, 5.74) is 4.50. The molecule has 1 aromatic heterocycles. The lowest BCUT2D eigenvalue weighted by atomic mass is 9.94. The van der Waals surface area contributed by atoms with Gasteiger partial charge in [0.05, 0.1) is 5.56 Å². The van der Waals surface area contributed by atoms with Gasteiger partial charge in [-0.2, -0.15) is 13.2 Å². The summed E-state index contributed by atoms with van der Waals surface area (Å²) in [6, 6.07) is 24.0. The minimum absolute atomic E-state index is 0.171. The van der Waals surface area contributed by atoms with Gasteiger partial charge in [-0.25, -0.2) is 9.59 Å². The number of pyridine rings is 1. The quantitative estimate of drug-likeness (QED) is 0.190. The van der Waals surface area contributed by atoms with E-state index in [1.807, 2.05) is 87.2 Å². The summed E-state index contributed by atoms with van der Waals surface area (Å²) in [7, 11) is 0. The predicted octanol–water partition coefficient (Wildman–Crippen LogP) is 10.4. The van der Waals surface area contributed by atoms with E-state index in [1.165, 1.54) is 18.6 Å². The van der Waals surface area contributed by atoms with Gasteiger partial charge in [0.25, 0.3) is 0 Å². The van der Waals surface area contributed by atoms with E-state index in [4.69, 9.17) is 4.74 Å². The summed E-state index contributed by atoms with van der Waals surface area (Å²) in [4.78, 5) is 34.5. The van der Waals surface area contributed by atoms with Crippen molar-refractivity contribution in [2.45, 2.75) is 97.3 Å². The van der Waals surface area contributed by atoms with Crippen molar-refractivity contribution in [2.75, 3.05) is 5.32 Å². The molecular weight excluding hydrogens is 641 g/mol. The number of aromatic nitrogens is 1. The molecule has 0 aliphatic heterocycles. The molecule has 50 heavy (non-hydrogen) atoms. The molecule has 1 saturated carbocycles. The summed E-state index contributed by atoms with van der Waals surface area (Å²) >= 11 is 0. The second-order valence-corrected chi connectivity index (χ2v) is 13.9. The van der Waals surface area contributed by atoms with Crippen LogP contribution >= 0.6 is 0 Å². The fraction of sp³-hybridized carbons (Fsp3) is 0.375. The van der Waals surface area contributed by atoms with Crippen LogP contribution in [-0.4, -0.2) is 38.6 Å². The third-order valence-electron chi connectivity index (χ3n) is 8.84. The number of nitrogens with zero attached hydrogens (tertiary/aromatic N) is 3. The zero-order chi connectivity index (χ0) is 35.9. The highest BCUT2D eigenvalue weighted by molar-refractivity contribution is 5.89. The minimum atomic E-state index is -4.46. The fourth-order valence-electron chi connectivity index (χ4n) is 6.11. The van der Waals surface area contributed by atoms with Crippen LogP contribution in [0.1, 0.15) is 80.8 Å².